The van der Waals surface area contributed by atoms with Gasteiger partial charge in [-0.05, 0) is 37.7 Å². The van der Waals surface area contributed by atoms with Crippen LogP contribution in [0.15, 0.2) is 12.3 Å². The summed E-state index contributed by atoms with van der Waals surface area (Å²) in [5, 5.41) is 13.4. The second-order valence-electron chi connectivity index (χ2n) is 5.68. The van der Waals surface area contributed by atoms with E-state index in [1.165, 1.54) is 12.3 Å². The standard InChI is InChI=1S/C14H20ClN3O2/c1-9-2-4-14(20,5-3-9)8-18-13(19)10-6-12(15)17-7-11(10)16/h6-7,9,20H,2-5,8,16H2,1H3,(H,18,19). The van der Waals surface area contributed by atoms with Crippen molar-refractivity contribution in [1.82, 2.24) is 10.3 Å². The molecule has 0 bridgehead atoms. The van der Waals surface area contributed by atoms with E-state index in [2.05, 4.69) is 17.2 Å². The first-order valence-corrected chi connectivity index (χ1v) is 7.19. The Morgan fingerprint density at radius 1 is 1.60 bits per heavy atom. The van der Waals surface area contributed by atoms with E-state index in [1.54, 1.807) is 0 Å². The number of hydrogen-bond donors (Lipinski definition) is 3. The Morgan fingerprint density at radius 3 is 2.90 bits per heavy atom. The molecule has 0 unspecified atom stereocenters. The fraction of sp³-hybridized carbons (Fsp3) is 0.571. The van der Waals surface area contributed by atoms with Crippen LogP contribution < -0.4 is 11.1 Å². The molecule has 1 aliphatic carbocycles. The molecule has 0 aliphatic heterocycles. The van der Waals surface area contributed by atoms with Gasteiger partial charge in [0.05, 0.1) is 23.0 Å². The Bertz CT molecular complexity index is 499. The van der Waals surface area contributed by atoms with Crippen molar-refractivity contribution in [2.75, 3.05) is 12.3 Å². The minimum Gasteiger partial charge on any atom is -0.397 e. The van der Waals surface area contributed by atoms with Gasteiger partial charge in [-0.3, -0.25) is 4.79 Å². The molecular formula is C14H20ClN3O2. The number of carbonyl (C=O) groups is 1. The van der Waals surface area contributed by atoms with Crippen molar-refractivity contribution in [2.45, 2.75) is 38.2 Å². The zero-order valence-electron chi connectivity index (χ0n) is 11.5. The lowest BCUT2D eigenvalue weighted by atomic mass is 9.79. The summed E-state index contributed by atoms with van der Waals surface area (Å²) in [6, 6.07) is 1.43. The number of rotatable bonds is 3. The molecule has 0 atom stereocenters. The van der Waals surface area contributed by atoms with Gasteiger partial charge in [-0.25, -0.2) is 4.98 Å². The lowest BCUT2D eigenvalue weighted by Gasteiger charge is -2.34. The Balaban J connectivity index is 1.97. The quantitative estimate of drug-likeness (QED) is 0.745. The normalized spacial score (nSPS) is 26.2. The minimum atomic E-state index is -0.812. The number of pyridine rings is 1. The Kier molecular flexibility index (Phi) is 4.50. The molecule has 1 aromatic rings. The van der Waals surface area contributed by atoms with Gasteiger partial charge in [-0.1, -0.05) is 18.5 Å². The first-order valence-electron chi connectivity index (χ1n) is 6.81. The lowest BCUT2D eigenvalue weighted by Crippen LogP contribution is -2.45. The number of aliphatic hydroxyl groups is 1. The maximum atomic E-state index is 12.1. The van der Waals surface area contributed by atoms with Crippen LogP contribution in [0.1, 0.15) is 43.0 Å². The summed E-state index contributed by atoms with van der Waals surface area (Å²) in [6.45, 7) is 2.41. The lowest BCUT2D eigenvalue weighted by molar-refractivity contribution is -0.00539. The van der Waals surface area contributed by atoms with E-state index >= 15 is 0 Å². The van der Waals surface area contributed by atoms with Gasteiger partial charge in [0.15, 0.2) is 0 Å². The van der Waals surface area contributed by atoms with E-state index in [9.17, 15) is 9.90 Å². The van der Waals surface area contributed by atoms with Crippen LogP contribution in [-0.2, 0) is 0 Å². The maximum Gasteiger partial charge on any atom is 0.253 e. The Hall–Kier alpha value is -1.33. The molecule has 20 heavy (non-hydrogen) atoms. The molecule has 0 radical (unpaired) electrons. The molecule has 1 amide bonds. The van der Waals surface area contributed by atoms with Crippen molar-refractivity contribution in [3.8, 4) is 0 Å². The number of nitrogen functional groups attached to an aromatic ring is 1. The molecule has 110 valence electrons. The van der Waals surface area contributed by atoms with Crippen LogP contribution in [0, 0.1) is 5.92 Å². The molecule has 1 heterocycles. The van der Waals surface area contributed by atoms with Gasteiger partial charge in [0.25, 0.3) is 5.91 Å². The Morgan fingerprint density at radius 2 is 2.25 bits per heavy atom. The highest BCUT2D eigenvalue weighted by molar-refractivity contribution is 6.29. The second kappa shape index (κ2) is 5.97. The largest absolute Gasteiger partial charge is 0.397 e. The molecule has 1 aliphatic rings. The number of nitrogens with zero attached hydrogens (tertiary/aromatic N) is 1. The van der Waals surface area contributed by atoms with Crippen LogP contribution in [0.5, 0.6) is 0 Å². The number of aromatic nitrogens is 1. The average Bonchev–Trinajstić information content (AvgIpc) is 2.43. The van der Waals surface area contributed by atoms with Crippen LogP contribution in [0.4, 0.5) is 5.69 Å². The number of nitrogens with two attached hydrogens (primary N) is 1. The third-order valence-corrected chi connectivity index (χ3v) is 4.14. The number of amides is 1. The summed E-state index contributed by atoms with van der Waals surface area (Å²) in [5.74, 6) is 0.305. The van der Waals surface area contributed by atoms with Crippen LogP contribution in [-0.4, -0.2) is 28.1 Å². The number of anilines is 1. The first kappa shape index (κ1) is 15.1. The SMILES string of the molecule is CC1CCC(O)(CNC(=O)c2cc(Cl)ncc2N)CC1. The molecule has 0 aromatic carbocycles. The van der Waals surface area contributed by atoms with E-state index in [-0.39, 0.29) is 28.9 Å². The van der Waals surface area contributed by atoms with Crippen molar-refractivity contribution in [3.05, 3.63) is 23.0 Å². The summed E-state index contributed by atoms with van der Waals surface area (Å²) in [5.41, 5.74) is 5.46. The minimum absolute atomic E-state index is 0.217. The van der Waals surface area contributed by atoms with Gasteiger partial charge in [-0.2, -0.15) is 0 Å². The van der Waals surface area contributed by atoms with Gasteiger partial charge in [-0.15, -0.1) is 0 Å². The van der Waals surface area contributed by atoms with E-state index < -0.39 is 5.60 Å². The summed E-state index contributed by atoms with van der Waals surface area (Å²) < 4.78 is 0. The van der Waals surface area contributed by atoms with E-state index in [4.69, 9.17) is 17.3 Å². The molecule has 0 saturated heterocycles. The van der Waals surface area contributed by atoms with Crippen LogP contribution in [0.25, 0.3) is 0 Å². The maximum absolute atomic E-state index is 12.1. The molecule has 6 heteroatoms. The molecule has 2 rings (SSSR count). The van der Waals surface area contributed by atoms with Gasteiger partial charge >= 0.3 is 0 Å². The van der Waals surface area contributed by atoms with E-state index in [1.807, 2.05) is 0 Å². The van der Waals surface area contributed by atoms with Gasteiger partial charge in [0.2, 0.25) is 0 Å². The molecule has 5 nitrogen and oxygen atoms in total. The summed E-state index contributed by atoms with van der Waals surface area (Å²) in [6.07, 6.45) is 4.74. The van der Waals surface area contributed by atoms with Crippen molar-refractivity contribution in [3.63, 3.8) is 0 Å². The molecular weight excluding hydrogens is 278 g/mol. The monoisotopic (exact) mass is 297 g/mol. The molecule has 1 aromatic heterocycles. The molecule has 0 spiro atoms. The van der Waals surface area contributed by atoms with Crippen LogP contribution in [0.2, 0.25) is 5.15 Å². The topological polar surface area (TPSA) is 88.2 Å². The fourth-order valence-corrected chi connectivity index (χ4v) is 2.61. The smallest absolute Gasteiger partial charge is 0.253 e. The highest BCUT2D eigenvalue weighted by atomic mass is 35.5. The summed E-state index contributed by atoms with van der Waals surface area (Å²) in [7, 11) is 0. The molecule has 4 N–H and O–H groups in total. The third-order valence-electron chi connectivity index (χ3n) is 3.93. The second-order valence-corrected chi connectivity index (χ2v) is 6.07. The van der Waals surface area contributed by atoms with E-state index in [0.717, 1.165) is 12.8 Å². The zero-order valence-corrected chi connectivity index (χ0v) is 12.3. The summed E-state index contributed by atoms with van der Waals surface area (Å²) >= 11 is 5.76. The number of hydrogen-bond acceptors (Lipinski definition) is 4. The van der Waals surface area contributed by atoms with Crippen molar-refractivity contribution >= 4 is 23.2 Å². The first-order chi connectivity index (χ1) is 9.39. The average molecular weight is 298 g/mol. The number of carbonyl (C=O) groups excluding carboxylic acids is 1. The van der Waals surface area contributed by atoms with Gasteiger partial charge < -0.3 is 16.2 Å². The third kappa shape index (κ3) is 3.61. The van der Waals surface area contributed by atoms with E-state index in [0.29, 0.717) is 18.8 Å². The predicted molar refractivity (Wildman–Crippen MR) is 78.6 cm³/mol. The summed E-state index contributed by atoms with van der Waals surface area (Å²) in [4.78, 5) is 15.9. The van der Waals surface area contributed by atoms with Crippen molar-refractivity contribution in [2.24, 2.45) is 5.92 Å². The molecule has 1 fully saturated rings. The molecule has 1 saturated carbocycles. The number of nitrogens with one attached hydrogen (secondary N) is 1. The van der Waals surface area contributed by atoms with Crippen LogP contribution in [0.3, 0.4) is 0 Å². The zero-order chi connectivity index (χ0) is 14.8. The fourth-order valence-electron chi connectivity index (χ4n) is 2.45. The number of halogens is 1. The van der Waals surface area contributed by atoms with Crippen molar-refractivity contribution < 1.29 is 9.90 Å². The highest BCUT2D eigenvalue weighted by Gasteiger charge is 2.32. The van der Waals surface area contributed by atoms with Gasteiger partial charge in [0.1, 0.15) is 5.15 Å². The highest BCUT2D eigenvalue weighted by Crippen LogP contribution is 2.31. The van der Waals surface area contributed by atoms with Crippen LogP contribution >= 0.6 is 11.6 Å². The predicted octanol–water partition coefficient (Wildman–Crippen LogP) is 1.99. The van der Waals surface area contributed by atoms with Crippen molar-refractivity contribution in [1.29, 1.82) is 0 Å². The Labute approximate surface area is 123 Å². The van der Waals surface area contributed by atoms with Gasteiger partial charge in [0, 0.05) is 6.54 Å².